The van der Waals surface area contributed by atoms with Gasteiger partial charge in [-0.3, -0.25) is 0 Å². The lowest BCUT2D eigenvalue weighted by atomic mass is 10.2. The first-order valence-electron chi connectivity index (χ1n) is 8.38. The highest BCUT2D eigenvalue weighted by Gasteiger charge is 2.29. The molecule has 152 valence electrons. The van der Waals surface area contributed by atoms with E-state index in [0.29, 0.717) is 16.4 Å². The summed E-state index contributed by atoms with van der Waals surface area (Å²) in [5.74, 6) is 0.630. The average molecular weight is 454 g/mol. The van der Waals surface area contributed by atoms with E-state index in [1.165, 1.54) is 25.3 Å². The minimum absolute atomic E-state index is 0.0245. The van der Waals surface area contributed by atoms with Crippen LogP contribution in [0.2, 0.25) is 10.0 Å². The number of rotatable bonds is 8. The van der Waals surface area contributed by atoms with Crippen LogP contribution >= 0.6 is 23.2 Å². The Morgan fingerprint density at radius 2 is 1.86 bits per heavy atom. The van der Waals surface area contributed by atoms with Crippen molar-refractivity contribution >= 4 is 33.2 Å². The predicted octanol–water partition coefficient (Wildman–Crippen LogP) is 4.43. The Bertz CT molecular complexity index is 1110. The van der Waals surface area contributed by atoms with Crippen molar-refractivity contribution in [2.45, 2.75) is 11.4 Å². The van der Waals surface area contributed by atoms with Gasteiger partial charge in [-0.1, -0.05) is 34.4 Å². The Morgan fingerprint density at radius 1 is 1.17 bits per heavy atom. The Hall–Kier alpha value is -2.39. The van der Waals surface area contributed by atoms with E-state index in [-0.39, 0.29) is 34.6 Å². The molecule has 3 aromatic rings. The highest BCUT2D eigenvalue weighted by molar-refractivity contribution is 7.89. The van der Waals surface area contributed by atoms with Crippen molar-refractivity contribution in [2.75, 3.05) is 13.7 Å². The third-order valence-electron chi connectivity index (χ3n) is 3.96. The van der Waals surface area contributed by atoms with Crippen LogP contribution in [0.1, 0.15) is 5.89 Å². The van der Waals surface area contributed by atoms with Gasteiger partial charge in [0, 0.05) is 22.2 Å². The summed E-state index contributed by atoms with van der Waals surface area (Å²) >= 11 is 11.9. The zero-order chi connectivity index (χ0) is 21.0. The minimum Gasteiger partial charge on any atom is -0.495 e. The molecule has 0 fully saturated rings. The second-order valence-electron chi connectivity index (χ2n) is 5.90. The van der Waals surface area contributed by atoms with Gasteiger partial charge < -0.3 is 9.26 Å². The number of ether oxygens (including phenoxy) is 1. The Labute approximate surface area is 178 Å². The Morgan fingerprint density at radius 3 is 2.52 bits per heavy atom. The summed E-state index contributed by atoms with van der Waals surface area (Å²) in [4.78, 5) is 4.22. The summed E-state index contributed by atoms with van der Waals surface area (Å²) in [5, 5.41) is 4.76. The van der Waals surface area contributed by atoms with E-state index in [1.807, 2.05) is 0 Å². The van der Waals surface area contributed by atoms with Gasteiger partial charge in [-0.25, -0.2) is 8.42 Å². The van der Waals surface area contributed by atoms with Gasteiger partial charge in [-0.15, -0.1) is 6.58 Å². The number of sulfonamides is 1. The molecule has 0 radical (unpaired) electrons. The SMILES string of the molecule is C=CCN(Cc1nc(-c2ccc(Cl)cc2)no1)S(=O)(=O)c1cc(Cl)ccc1OC. The lowest BCUT2D eigenvalue weighted by Gasteiger charge is -2.20. The second kappa shape index (κ2) is 8.96. The summed E-state index contributed by atoms with van der Waals surface area (Å²) in [5.41, 5.74) is 0.694. The van der Waals surface area contributed by atoms with Crippen molar-refractivity contribution < 1.29 is 17.7 Å². The van der Waals surface area contributed by atoms with E-state index in [9.17, 15) is 8.42 Å². The first-order valence-corrected chi connectivity index (χ1v) is 10.6. The molecule has 10 heteroatoms. The summed E-state index contributed by atoms with van der Waals surface area (Å²) in [7, 11) is -2.59. The van der Waals surface area contributed by atoms with Crippen LogP contribution in [0.5, 0.6) is 5.75 Å². The maximum Gasteiger partial charge on any atom is 0.247 e. The zero-order valence-corrected chi connectivity index (χ0v) is 17.7. The summed E-state index contributed by atoms with van der Waals surface area (Å²) < 4.78 is 38.0. The number of halogens is 2. The lowest BCUT2D eigenvalue weighted by Crippen LogP contribution is -2.31. The molecule has 29 heavy (non-hydrogen) atoms. The third kappa shape index (κ3) is 4.79. The molecule has 0 N–H and O–H groups in total. The van der Waals surface area contributed by atoms with E-state index in [1.54, 1.807) is 30.3 Å². The van der Waals surface area contributed by atoms with Crippen LogP contribution in [0.3, 0.4) is 0 Å². The lowest BCUT2D eigenvalue weighted by molar-refractivity contribution is 0.325. The first kappa shape index (κ1) is 21.3. The number of hydrogen-bond acceptors (Lipinski definition) is 6. The molecule has 0 bridgehead atoms. The zero-order valence-electron chi connectivity index (χ0n) is 15.4. The van der Waals surface area contributed by atoms with Crippen molar-refractivity contribution in [3.8, 4) is 17.1 Å². The molecule has 0 aliphatic carbocycles. The van der Waals surface area contributed by atoms with Gasteiger partial charge in [0.2, 0.25) is 21.7 Å². The molecule has 0 amide bonds. The van der Waals surface area contributed by atoms with E-state index in [0.717, 1.165) is 4.31 Å². The largest absolute Gasteiger partial charge is 0.495 e. The summed E-state index contributed by atoms with van der Waals surface area (Å²) in [6.07, 6.45) is 1.46. The van der Waals surface area contributed by atoms with Crippen molar-refractivity contribution in [1.82, 2.24) is 14.4 Å². The standard InChI is InChI=1S/C19H17Cl2N3O4S/c1-3-10-24(29(25,26)17-11-15(21)8-9-16(17)27-2)12-18-22-19(23-28-18)13-4-6-14(20)7-5-13/h3-9,11H,1,10,12H2,2H3. The molecule has 0 atom stereocenters. The van der Waals surface area contributed by atoms with Gasteiger partial charge in [-0.2, -0.15) is 9.29 Å². The van der Waals surface area contributed by atoms with Gasteiger partial charge in [0.25, 0.3) is 0 Å². The smallest absolute Gasteiger partial charge is 0.247 e. The molecule has 0 saturated heterocycles. The molecule has 7 nitrogen and oxygen atoms in total. The number of benzene rings is 2. The topological polar surface area (TPSA) is 85.5 Å². The molecule has 0 aliphatic heterocycles. The first-order chi connectivity index (χ1) is 13.8. The van der Waals surface area contributed by atoms with Gasteiger partial charge in [-0.05, 0) is 42.5 Å². The molecule has 1 aromatic heterocycles. The molecular formula is C19H17Cl2N3O4S. The molecule has 0 unspecified atom stereocenters. The minimum atomic E-state index is -3.98. The van der Waals surface area contributed by atoms with E-state index >= 15 is 0 Å². The number of nitrogens with zero attached hydrogens (tertiary/aromatic N) is 3. The predicted molar refractivity (Wildman–Crippen MR) is 111 cm³/mol. The quantitative estimate of drug-likeness (QED) is 0.468. The van der Waals surface area contributed by atoms with Gasteiger partial charge in [0.05, 0.1) is 13.7 Å². The second-order valence-corrected chi connectivity index (χ2v) is 8.68. The van der Waals surface area contributed by atoms with Crippen LogP contribution in [0.25, 0.3) is 11.4 Å². The maximum absolute atomic E-state index is 13.2. The fraction of sp³-hybridized carbons (Fsp3) is 0.158. The highest BCUT2D eigenvalue weighted by atomic mass is 35.5. The number of methoxy groups -OCH3 is 1. The molecule has 1 heterocycles. The molecule has 0 saturated carbocycles. The third-order valence-corrected chi connectivity index (χ3v) is 6.28. The van der Waals surface area contributed by atoms with E-state index < -0.39 is 10.0 Å². The fourth-order valence-corrected chi connectivity index (χ4v) is 4.47. The summed E-state index contributed by atoms with van der Waals surface area (Å²) in [6.45, 7) is 3.50. The van der Waals surface area contributed by atoms with Crippen LogP contribution in [0.4, 0.5) is 0 Å². The maximum atomic E-state index is 13.2. The normalized spacial score (nSPS) is 11.6. The van der Waals surface area contributed by atoms with Crippen LogP contribution in [-0.2, 0) is 16.6 Å². The fourth-order valence-electron chi connectivity index (χ4n) is 2.57. The summed E-state index contributed by atoms with van der Waals surface area (Å²) in [6, 6.07) is 11.3. The molecular weight excluding hydrogens is 437 g/mol. The van der Waals surface area contributed by atoms with Gasteiger partial charge >= 0.3 is 0 Å². The van der Waals surface area contributed by atoms with Crippen molar-refractivity contribution in [3.05, 3.63) is 71.1 Å². The highest BCUT2D eigenvalue weighted by Crippen LogP contribution is 2.30. The van der Waals surface area contributed by atoms with Crippen molar-refractivity contribution in [1.29, 1.82) is 0 Å². The van der Waals surface area contributed by atoms with Gasteiger partial charge in [0.15, 0.2) is 0 Å². The van der Waals surface area contributed by atoms with Crippen molar-refractivity contribution in [2.24, 2.45) is 0 Å². The van der Waals surface area contributed by atoms with E-state index in [2.05, 4.69) is 16.7 Å². The number of hydrogen-bond donors (Lipinski definition) is 0. The van der Waals surface area contributed by atoms with Crippen LogP contribution in [0, 0.1) is 0 Å². The molecule has 3 rings (SSSR count). The molecule has 0 spiro atoms. The van der Waals surface area contributed by atoms with E-state index in [4.69, 9.17) is 32.5 Å². The van der Waals surface area contributed by atoms with Crippen molar-refractivity contribution in [3.63, 3.8) is 0 Å². The molecule has 2 aromatic carbocycles. The number of aromatic nitrogens is 2. The van der Waals surface area contributed by atoms with Gasteiger partial charge in [0.1, 0.15) is 10.6 Å². The Kier molecular flexibility index (Phi) is 6.59. The average Bonchev–Trinajstić information content (AvgIpc) is 3.17. The van der Waals surface area contributed by atoms with Crippen LogP contribution < -0.4 is 4.74 Å². The molecule has 0 aliphatic rings. The van der Waals surface area contributed by atoms with Crippen LogP contribution in [0.15, 0.2) is 64.5 Å². The Balaban J connectivity index is 1.92. The monoisotopic (exact) mass is 453 g/mol. The van der Waals surface area contributed by atoms with Crippen LogP contribution in [-0.4, -0.2) is 36.5 Å².